The summed E-state index contributed by atoms with van der Waals surface area (Å²) in [7, 11) is -4.76. The van der Waals surface area contributed by atoms with Crippen molar-refractivity contribution in [1.82, 2.24) is 24.8 Å². The van der Waals surface area contributed by atoms with Gasteiger partial charge in [0.1, 0.15) is 22.2 Å². The third-order valence-corrected chi connectivity index (χ3v) is 7.87. The van der Waals surface area contributed by atoms with E-state index in [1.807, 2.05) is 22.8 Å². The summed E-state index contributed by atoms with van der Waals surface area (Å²) in [5.74, 6) is 0.929. The molecule has 4 aromatic rings. The summed E-state index contributed by atoms with van der Waals surface area (Å²) in [6.45, 7) is -0.0520. The Labute approximate surface area is 226 Å². The molecule has 0 spiro atoms. The van der Waals surface area contributed by atoms with Gasteiger partial charge >= 0.3 is 14.4 Å². The summed E-state index contributed by atoms with van der Waals surface area (Å²) in [6.07, 6.45) is 3.65. The topological polar surface area (TPSA) is 132 Å². The number of nitrogens with one attached hydrogen (secondary N) is 1. The lowest BCUT2D eigenvalue weighted by Crippen LogP contribution is -2.27. The average molecular weight is 574 g/mol. The molecule has 2 aliphatic rings. The summed E-state index contributed by atoms with van der Waals surface area (Å²) >= 11 is 5.59. The van der Waals surface area contributed by atoms with Gasteiger partial charge in [-0.05, 0) is 44.0 Å². The first-order valence-electron chi connectivity index (χ1n) is 11.9. The van der Waals surface area contributed by atoms with E-state index in [2.05, 4.69) is 15.3 Å². The Balaban J connectivity index is 1.43. The number of imidazole rings is 1. The highest BCUT2D eigenvalue weighted by Gasteiger charge is 2.41. The summed E-state index contributed by atoms with van der Waals surface area (Å²) in [5.41, 5.74) is 2.75. The van der Waals surface area contributed by atoms with Crippen molar-refractivity contribution in [3.05, 3.63) is 71.6 Å². The Morgan fingerprint density at radius 1 is 1.18 bits per heavy atom. The number of fused-ring (bicyclic) bond motifs is 9. The Hall–Kier alpha value is -3.35. The Morgan fingerprint density at radius 2 is 1.92 bits per heavy atom. The fourth-order valence-electron chi connectivity index (χ4n) is 5.32. The number of alkyl halides is 2. The van der Waals surface area contributed by atoms with Gasteiger partial charge in [-0.1, -0.05) is 30.4 Å². The van der Waals surface area contributed by atoms with E-state index < -0.39 is 20.0 Å². The van der Waals surface area contributed by atoms with Crippen LogP contribution in [-0.2, 0) is 14.7 Å². The number of nitrogens with zero attached hydrogens (tertiary/aromatic N) is 4. The minimum absolute atomic E-state index is 0.0762. The fourth-order valence-corrected chi connectivity index (χ4v) is 6.31. The molecule has 4 heterocycles. The second kappa shape index (κ2) is 9.10. The van der Waals surface area contributed by atoms with Crippen molar-refractivity contribution in [2.45, 2.75) is 44.6 Å². The van der Waals surface area contributed by atoms with Crippen LogP contribution >= 0.6 is 20.0 Å². The molecule has 2 bridgehead atoms. The number of phosphoric acid groups is 1. The third kappa shape index (κ3) is 4.60. The molecule has 6 rings (SSSR count). The zero-order valence-corrected chi connectivity index (χ0v) is 22.3. The summed E-state index contributed by atoms with van der Waals surface area (Å²) in [6, 6.07) is 10.1. The molecule has 2 aromatic carbocycles. The van der Waals surface area contributed by atoms with Gasteiger partial charge in [0.15, 0.2) is 5.82 Å². The quantitative estimate of drug-likeness (QED) is 0.219. The smallest absolute Gasteiger partial charge is 0.434 e. The molecular weight excluding hydrogens is 551 g/mol. The number of thiocarbonyl (C=S) groups is 1. The van der Waals surface area contributed by atoms with Crippen molar-refractivity contribution < 1.29 is 32.4 Å². The van der Waals surface area contributed by atoms with E-state index in [-0.39, 0.29) is 23.7 Å². The third-order valence-electron chi connectivity index (χ3n) is 6.84. The summed E-state index contributed by atoms with van der Waals surface area (Å²) in [4.78, 5) is 32.2. The number of hydrogen-bond acceptors (Lipinski definition) is 7. The second-order valence-electron chi connectivity index (χ2n) is 9.80. The lowest BCUT2D eigenvalue weighted by Gasteiger charge is -2.23. The van der Waals surface area contributed by atoms with Crippen LogP contribution in [0.4, 0.5) is 8.78 Å². The van der Waals surface area contributed by atoms with Crippen LogP contribution < -0.4 is 10.1 Å². The maximum absolute atomic E-state index is 13.3. The van der Waals surface area contributed by atoms with Crippen LogP contribution in [0.1, 0.15) is 55.1 Å². The second-order valence-corrected chi connectivity index (χ2v) is 11.4. The van der Waals surface area contributed by atoms with Gasteiger partial charge in [-0.3, -0.25) is 4.52 Å². The highest BCUT2D eigenvalue weighted by atomic mass is 32.1. The lowest BCUT2D eigenvalue weighted by molar-refractivity contribution is -0.0506. The number of ether oxygens (including phenoxy) is 1. The number of phosphoric ester groups is 1. The average Bonchev–Trinajstić information content (AvgIpc) is 3.34. The number of hydrogen-bond donors (Lipinski definition) is 3. The molecule has 0 aliphatic carbocycles. The molecule has 0 radical (unpaired) electrons. The van der Waals surface area contributed by atoms with E-state index in [1.165, 1.54) is 19.9 Å². The molecule has 0 unspecified atom stereocenters. The molecular formula is C25H22F2N5O5PS. The molecule has 0 saturated carbocycles. The van der Waals surface area contributed by atoms with Crippen molar-refractivity contribution in [1.29, 1.82) is 0 Å². The standard InChI is InChI=1S/C25H22F2N5O5PS/c1-25(2,37-38(33,34)35)23-28-10-13(11-29-23)12-6-7-15-17(8-12)32-18-9-16(21(32)30-15)31-22(39)14-4-3-5-19(20(14)18)36-24(26)27/h3-8,10-11,16,18,24H,9H2,1-2H3,(H,31,39)(H2,33,34,35)/t16-,18-/m1/s1. The molecule has 39 heavy (non-hydrogen) atoms. The van der Waals surface area contributed by atoms with E-state index >= 15 is 0 Å². The van der Waals surface area contributed by atoms with E-state index in [1.54, 1.807) is 24.5 Å². The first-order chi connectivity index (χ1) is 18.4. The highest BCUT2D eigenvalue weighted by molar-refractivity contribution is 7.80. The maximum atomic E-state index is 13.3. The van der Waals surface area contributed by atoms with Gasteiger partial charge in [-0.25, -0.2) is 19.5 Å². The molecule has 2 atom stereocenters. The zero-order valence-electron chi connectivity index (χ0n) is 20.6. The molecule has 0 amide bonds. The van der Waals surface area contributed by atoms with Crippen molar-refractivity contribution >= 4 is 36.1 Å². The number of aromatic nitrogens is 4. The SMILES string of the molecule is CC(C)(OP(=O)(O)O)c1ncc(-c2ccc3nc4n(c3c2)[C@@H]2C[C@H]4NC(=S)c3cccc(OC(F)F)c32)cn1. The highest BCUT2D eigenvalue weighted by Crippen LogP contribution is 2.48. The molecule has 202 valence electrons. The van der Waals surface area contributed by atoms with Crippen molar-refractivity contribution in [3.63, 3.8) is 0 Å². The van der Waals surface area contributed by atoms with Crippen molar-refractivity contribution in [2.75, 3.05) is 0 Å². The van der Waals surface area contributed by atoms with Crippen LogP contribution in [0.3, 0.4) is 0 Å². The van der Waals surface area contributed by atoms with Gasteiger partial charge in [0.05, 0.1) is 23.1 Å². The molecule has 2 aliphatic heterocycles. The number of halogens is 2. The van der Waals surface area contributed by atoms with E-state index in [0.29, 0.717) is 28.1 Å². The van der Waals surface area contributed by atoms with Gasteiger partial charge in [0, 0.05) is 29.1 Å². The monoisotopic (exact) mass is 573 g/mol. The molecule has 0 fully saturated rings. The van der Waals surface area contributed by atoms with Gasteiger partial charge in [-0.15, -0.1) is 0 Å². The number of benzene rings is 2. The van der Waals surface area contributed by atoms with Crippen molar-refractivity contribution in [2.24, 2.45) is 0 Å². The lowest BCUT2D eigenvalue weighted by atomic mass is 9.97. The van der Waals surface area contributed by atoms with E-state index in [4.69, 9.17) is 26.5 Å². The molecule has 14 heteroatoms. The predicted molar refractivity (Wildman–Crippen MR) is 140 cm³/mol. The number of rotatable bonds is 6. The summed E-state index contributed by atoms with van der Waals surface area (Å²) < 4.78 is 49.7. The van der Waals surface area contributed by atoms with Crippen molar-refractivity contribution in [3.8, 4) is 16.9 Å². The first kappa shape index (κ1) is 25.9. The van der Waals surface area contributed by atoms with Crippen LogP contribution in [0, 0.1) is 0 Å². The molecule has 10 nitrogen and oxygen atoms in total. The fraction of sp³-hybridized carbons (Fsp3) is 0.280. The largest absolute Gasteiger partial charge is 0.470 e. The van der Waals surface area contributed by atoms with Gasteiger partial charge in [0.2, 0.25) is 0 Å². The first-order valence-corrected chi connectivity index (χ1v) is 13.8. The van der Waals surface area contributed by atoms with Crippen LogP contribution in [0.5, 0.6) is 5.75 Å². The molecule has 3 N–H and O–H groups in total. The van der Waals surface area contributed by atoms with Crippen LogP contribution in [0.2, 0.25) is 0 Å². The minimum Gasteiger partial charge on any atom is -0.434 e. The van der Waals surface area contributed by atoms with Gasteiger partial charge in [0.25, 0.3) is 0 Å². The maximum Gasteiger partial charge on any atom is 0.470 e. The van der Waals surface area contributed by atoms with Crippen LogP contribution in [0.25, 0.3) is 22.2 Å². The Morgan fingerprint density at radius 3 is 2.62 bits per heavy atom. The Bertz CT molecular complexity index is 1670. The predicted octanol–water partition coefficient (Wildman–Crippen LogP) is 4.75. The Kier molecular flexibility index (Phi) is 6.05. The van der Waals surface area contributed by atoms with Gasteiger partial charge < -0.3 is 24.4 Å². The van der Waals surface area contributed by atoms with E-state index in [0.717, 1.165) is 22.4 Å². The normalized spacial score (nSPS) is 18.6. The van der Waals surface area contributed by atoms with Crippen LogP contribution in [-0.4, -0.2) is 40.9 Å². The molecule has 2 aromatic heterocycles. The van der Waals surface area contributed by atoms with Crippen LogP contribution in [0.15, 0.2) is 48.8 Å². The summed E-state index contributed by atoms with van der Waals surface area (Å²) in [5, 5.41) is 3.32. The molecule has 0 saturated heterocycles. The zero-order chi connectivity index (χ0) is 27.7. The minimum atomic E-state index is -4.76. The van der Waals surface area contributed by atoms with E-state index in [9.17, 15) is 23.1 Å². The van der Waals surface area contributed by atoms with Gasteiger partial charge in [-0.2, -0.15) is 8.78 Å².